The summed E-state index contributed by atoms with van der Waals surface area (Å²) in [5.41, 5.74) is -0.542. The van der Waals surface area contributed by atoms with Crippen LogP contribution in [0.3, 0.4) is 0 Å². The molecule has 0 spiro atoms. The fourth-order valence-electron chi connectivity index (χ4n) is 2.29. The predicted octanol–water partition coefficient (Wildman–Crippen LogP) is 2.95. The fraction of sp³-hybridized carbons (Fsp3) is 0.615. The first kappa shape index (κ1) is 12.3. The molecule has 2 rings (SSSR count). The molecule has 0 N–H and O–H groups in total. The third-order valence-electron chi connectivity index (χ3n) is 2.97. The molecule has 1 aliphatic rings. The van der Waals surface area contributed by atoms with Crippen LogP contribution in [0, 0.1) is 5.95 Å². The van der Waals surface area contributed by atoms with Crippen molar-refractivity contribution >= 4 is 0 Å². The van der Waals surface area contributed by atoms with Crippen LogP contribution in [0.2, 0.25) is 0 Å². The second-order valence-corrected chi connectivity index (χ2v) is 5.59. The van der Waals surface area contributed by atoms with Crippen LogP contribution in [-0.4, -0.2) is 22.3 Å². The van der Waals surface area contributed by atoms with Crippen molar-refractivity contribution in [1.29, 1.82) is 0 Å². The van der Waals surface area contributed by atoms with Crippen molar-refractivity contribution in [1.82, 2.24) is 4.98 Å². The summed E-state index contributed by atoms with van der Waals surface area (Å²) in [5.74, 6) is 0.0744. The molecule has 2 heterocycles. The van der Waals surface area contributed by atoms with Gasteiger partial charge < -0.3 is 9.47 Å². The van der Waals surface area contributed by atoms with Crippen molar-refractivity contribution in [3.05, 3.63) is 24.3 Å². The zero-order valence-electron chi connectivity index (χ0n) is 10.7. The Balaban J connectivity index is 2.11. The van der Waals surface area contributed by atoms with Crippen molar-refractivity contribution in [2.75, 3.05) is 0 Å². The Hall–Kier alpha value is -1.16. The van der Waals surface area contributed by atoms with Gasteiger partial charge in [-0.15, -0.1) is 0 Å². The van der Waals surface area contributed by atoms with E-state index in [2.05, 4.69) is 4.98 Å². The molecule has 3 nitrogen and oxygen atoms in total. The summed E-state index contributed by atoms with van der Waals surface area (Å²) in [4.78, 5) is 3.57. The van der Waals surface area contributed by atoms with Crippen LogP contribution in [0.4, 0.5) is 4.39 Å². The van der Waals surface area contributed by atoms with Crippen LogP contribution in [0.15, 0.2) is 18.3 Å². The van der Waals surface area contributed by atoms with Crippen molar-refractivity contribution < 1.29 is 13.9 Å². The van der Waals surface area contributed by atoms with E-state index in [4.69, 9.17) is 9.47 Å². The lowest BCUT2D eigenvalue weighted by Gasteiger charge is -2.27. The molecule has 1 saturated heterocycles. The van der Waals surface area contributed by atoms with Crippen LogP contribution in [-0.2, 0) is 4.74 Å². The molecule has 1 atom stereocenters. The molecule has 0 aliphatic carbocycles. The Morgan fingerprint density at radius 1 is 1.35 bits per heavy atom. The van der Waals surface area contributed by atoms with Crippen LogP contribution in [0.1, 0.15) is 34.1 Å². The average molecular weight is 239 g/mol. The molecule has 0 bridgehead atoms. The summed E-state index contributed by atoms with van der Waals surface area (Å²) < 4.78 is 24.4. The third kappa shape index (κ3) is 2.75. The Morgan fingerprint density at radius 2 is 2.06 bits per heavy atom. The standard InChI is InChI=1S/C13H18FNO2/c1-12(2)7-10(13(3,4)17-12)16-9-5-6-11(14)15-8-9/h5-6,8,10H,7H2,1-4H3. The third-order valence-corrected chi connectivity index (χ3v) is 2.97. The smallest absolute Gasteiger partial charge is 0.213 e. The average Bonchev–Trinajstić information content (AvgIpc) is 2.38. The number of nitrogens with zero attached hydrogens (tertiary/aromatic N) is 1. The lowest BCUT2D eigenvalue weighted by molar-refractivity contribution is -0.0846. The van der Waals surface area contributed by atoms with Crippen molar-refractivity contribution in [2.45, 2.75) is 51.4 Å². The predicted molar refractivity (Wildman–Crippen MR) is 62.5 cm³/mol. The van der Waals surface area contributed by atoms with E-state index in [0.29, 0.717) is 5.75 Å². The van der Waals surface area contributed by atoms with Gasteiger partial charge in [-0.1, -0.05) is 0 Å². The Morgan fingerprint density at radius 3 is 2.53 bits per heavy atom. The molecule has 0 radical (unpaired) electrons. The number of halogens is 1. The van der Waals surface area contributed by atoms with Crippen LogP contribution < -0.4 is 4.74 Å². The van der Waals surface area contributed by atoms with Crippen molar-refractivity contribution in [3.8, 4) is 5.75 Å². The van der Waals surface area contributed by atoms with Gasteiger partial charge in [0.2, 0.25) is 5.95 Å². The van der Waals surface area contributed by atoms with E-state index in [-0.39, 0.29) is 17.3 Å². The quantitative estimate of drug-likeness (QED) is 0.743. The van der Waals surface area contributed by atoms with E-state index < -0.39 is 5.95 Å². The summed E-state index contributed by atoms with van der Waals surface area (Å²) in [6.45, 7) is 8.09. The van der Waals surface area contributed by atoms with Gasteiger partial charge in [0.25, 0.3) is 0 Å². The van der Waals surface area contributed by atoms with Gasteiger partial charge in [0, 0.05) is 6.42 Å². The summed E-state index contributed by atoms with van der Waals surface area (Å²) in [7, 11) is 0. The lowest BCUT2D eigenvalue weighted by Crippen LogP contribution is -2.36. The fourth-order valence-corrected chi connectivity index (χ4v) is 2.29. The lowest BCUT2D eigenvalue weighted by atomic mass is 9.97. The van der Waals surface area contributed by atoms with E-state index in [9.17, 15) is 4.39 Å². The highest BCUT2D eigenvalue weighted by Crippen LogP contribution is 2.39. The van der Waals surface area contributed by atoms with Crippen LogP contribution in [0.5, 0.6) is 5.75 Å². The van der Waals surface area contributed by atoms with E-state index in [1.165, 1.54) is 12.3 Å². The minimum Gasteiger partial charge on any atom is -0.486 e. The summed E-state index contributed by atoms with van der Waals surface area (Å²) in [6, 6.07) is 2.88. The maximum atomic E-state index is 12.7. The van der Waals surface area contributed by atoms with E-state index >= 15 is 0 Å². The van der Waals surface area contributed by atoms with Gasteiger partial charge in [-0.2, -0.15) is 4.39 Å². The largest absolute Gasteiger partial charge is 0.486 e. The van der Waals surface area contributed by atoms with Crippen molar-refractivity contribution in [2.24, 2.45) is 0 Å². The molecule has 0 saturated carbocycles. The number of rotatable bonds is 2. The maximum Gasteiger partial charge on any atom is 0.213 e. The van der Waals surface area contributed by atoms with Crippen LogP contribution in [0.25, 0.3) is 0 Å². The minimum atomic E-state index is -0.500. The number of pyridine rings is 1. The first-order valence-electron chi connectivity index (χ1n) is 5.77. The normalized spacial score (nSPS) is 25.8. The zero-order chi connectivity index (χ0) is 12.7. The monoisotopic (exact) mass is 239 g/mol. The molecular formula is C13H18FNO2. The highest BCUT2D eigenvalue weighted by Gasteiger charge is 2.47. The summed E-state index contributed by atoms with van der Waals surface area (Å²) in [5, 5.41) is 0. The van der Waals surface area contributed by atoms with Crippen LogP contribution >= 0.6 is 0 Å². The molecule has 1 aliphatic heterocycles. The van der Waals surface area contributed by atoms with E-state index in [1.54, 1.807) is 6.07 Å². The van der Waals surface area contributed by atoms with E-state index in [0.717, 1.165) is 6.42 Å². The molecule has 94 valence electrons. The molecule has 1 unspecified atom stereocenters. The van der Waals surface area contributed by atoms with Crippen molar-refractivity contribution in [3.63, 3.8) is 0 Å². The second-order valence-electron chi connectivity index (χ2n) is 5.59. The Bertz CT molecular complexity index is 400. The van der Waals surface area contributed by atoms with Gasteiger partial charge in [0.05, 0.1) is 11.8 Å². The number of hydrogen-bond acceptors (Lipinski definition) is 3. The number of hydrogen-bond donors (Lipinski definition) is 0. The maximum absolute atomic E-state index is 12.7. The highest BCUT2D eigenvalue weighted by atomic mass is 19.1. The van der Waals surface area contributed by atoms with Gasteiger partial charge >= 0.3 is 0 Å². The molecule has 1 aromatic rings. The molecular weight excluding hydrogens is 221 g/mol. The molecule has 17 heavy (non-hydrogen) atoms. The summed E-state index contributed by atoms with van der Waals surface area (Å²) in [6.07, 6.45) is 2.15. The second kappa shape index (κ2) is 3.95. The topological polar surface area (TPSA) is 31.4 Å². The molecule has 1 aromatic heterocycles. The van der Waals surface area contributed by atoms with Gasteiger partial charge in [-0.3, -0.25) is 0 Å². The SMILES string of the molecule is CC1(C)CC(Oc2ccc(F)nc2)C(C)(C)O1. The number of aromatic nitrogens is 1. The first-order chi connectivity index (χ1) is 7.78. The van der Waals surface area contributed by atoms with Gasteiger partial charge in [0.1, 0.15) is 17.5 Å². The number of ether oxygens (including phenoxy) is 2. The summed E-state index contributed by atoms with van der Waals surface area (Å²) >= 11 is 0. The van der Waals surface area contributed by atoms with Gasteiger partial charge in [0.15, 0.2) is 0 Å². The Labute approximate surface area is 101 Å². The molecule has 0 aromatic carbocycles. The Kier molecular flexibility index (Phi) is 2.86. The van der Waals surface area contributed by atoms with Gasteiger partial charge in [-0.25, -0.2) is 4.98 Å². The van der Waals surface area contributed by atoms with Gasteiger partial charge in [-0.05, 0) is 39.8 Å². The minimum absolute atomic E-state index is 0.0511. The zero-order valence-corrected chi connectivity index (χ0v) is 10.7. The molecule has 4 heteroatoms. The highest BCUT2D eigenvalue weighted by molar-refractivity contribution is 5.17. The molecule has 1 fully saturated rings. The molecule has 0 amide bonds. The van der Waals surface area contributed by atoms with E-state index in [1.807, 2.05) is 27.7 Å². The first-order valence-corrected chi connectivity index (χ1v) is 5.77.